The lowest BCUT2D eigenvalue weighted by atomic mass is 10.2. The molecular weight excluding hydrogens is 244 g/mol. The number of carbonyl (C=O) groups is 1. The highest BCUT2D eigenvalue weighted by molar-refractivity contribution is 7.80. The molecule has 16 heavy (non-hydrogen) atoms. The lowest BCUT2D eigenvalue weighted by Crippen LogP contribution is -2.30. The van der Waals surface area contributed by atoms with Gasteiger partial charge in [-0.25, -0.2) is 0 Å². The summed E-state index contributed by atoms with van der Waals surface area (Å²) >= 11 is 11.0. The number of amides is 1. The highest BCUT2D eigenvalue weighted by atomic mass is 35.5. The van der Waals surface area contributed by atoms with Crippen molar-refractivity contribution in [1.29, 1.82) is 0 Å². The number of nitrogens with zero attached hydrogens (tertiary/aromatic N) is 1. The summed E-state index contributed by atoms with van der Waals surface area (Å²) in [5, 5.41) is 4.07. The predicted molar refractivity (Wildman–Crippen MR) is 67.2 cm³/mol. The number of halogens is 1. The second-order valence-electron chi connectivity index (χ2n) is 3.73. The van der Waals surface area contributed by atoms with Crippen LogP contribution in [0.25, 0.3) is 0 Å². The van der Waals surface area contributed by atoms with Crippen LogP contribution in [0.3, 0.4) is 0 Å². The first-order chi connectivity index (χ1) is 7.58. The Kier molecular flexibility index (Phi) is 3.12. The Morgan fingerprint density at radius 3 is 2.88 bits per heavy atom. The SMILES string of the molecule is C[C@@H]1NC(=S)N(Cc2cccc(Cl)c2)C1=O. The molecule has 1 saturated heterocycles. The summed E-state index contributed by atoms with van der Waals surface area (Å²) in [7, 11) is 0. The fraction of sp³-hybridized carbons (Fsp3) is 0.273. The summed E-state index contributed by atoms with van der Waals surface area (Å²) in [4.78, 5) is 13.3. The monoisotopic (exact) mass is 254 g/mol. The normalized spacial score (nSPS) is 20.1. The zero-order chi connectivity index (χ0) is 11.7. The molecule has 1 aromatic carbocycles. The minimum absolute atomic E-state index is 0.00461. The van der Waals surface area contributed by atoms with Crippen LogP contribution >= 0.6 is 23.8 Å². The molecule has 5 heteroatoms. The zero-order valence-electron chi connectivity index (χ0n) is 8.74. The van der Waals surface area contributed by atoms with Crippen molar-refractivity contribution in [3.05, 3.63) is 34.9 Å². The average molecular weight is 255 g/mol. The van der Waals surface area contributed by atoms with Crippen molar-refractivity contribution < 1.29 is 4.79 Å². The first-order valence-electron chi connectivity index (χ1n) is 4.94. The molecule has 0 saturated carbocycles. The van der Waals surface area contributed by atoms with Crippen LogP contribution in [0.4, 0.5) is 0 Å². The van der Waals surface area contributed by atoms with Gasteiger partial charge in [-0.15, -0.1) is 0 Å². The number of thiocarbonyl (C=S) groups is 1. The van der Waals surface area contributed by atoms with Crippen LogP contribution in [0.2, 0.25) is 5.02 Å². The number of hydrogen-bond acceptors (Lipinski definition) is 2. The molecule has 1 fully saturated rings. The third-order valence-corrected chi connectivity index (χ3v) is 3.02. The van der Waals surface area contributed by atoms with Crippen LogP contribution in [0.1, 0.15) is 12.5 Å². The fourth-order valence-corrected chi connectivity index (χ4v) is 2.17. The quantitative estimate of drug-likeness (QED) is 0.819. The van der Waals surface area contributed by atoms with E-state index < -0.39 is 0 Å². The second kappa shape index (κ2) is 4.39. The smallest absolute Gasteiger partial charge is 0.251 e. The molecule has 2 rings (SSSR count). The van der Waals surface area contributed by atoms with Crippen molar-refractivity contribution in [2.75, 3.05) is 0 Å². The van der Waals surface area contributed by atoms with Crippen molar-refractivity contribution in [3.63, 3.8) is 0 Å². The van der Waals surface area contributed by atoms with Crippen LogP contribution in [0.15, 0.2) is 24.3 Å². The maximum atomic E-state index is 11.7. The molecule has 1 aliphatic heterocycles. The molecule has 0 spiro atoms. The van der Waals surface area contributed by atoms with E-state index in [9.17, 15) is 4.79 Å². The Balaban J connectivity index is 2.16. The van der Waals surface area contributed by atoms with Crippen LogP contribution in [0.5, 0.6) is 0 Å². The Morgan fingerprint density at radius 2 is 2.31 bits per heavy atom. The lowest BCUT2D eigenvalue weighted by Gasteiger charge is -2.14. The van der Waals surface area contributed by atoms with Gasteiger partial charge in [-0.05, 0) is 36.8 Å². The van der Waals surface area contributed by atoms with Gasteiger partial charge in [0.1, 0.15) is 6.04 Å². The van der Waals surface area contributed by atoms with E-state index in [2.05, 4.69) is 5.32 Å². The van der Waals surface area contributed by atoms with E-state index in [-0.39, 0.29) is 11.9 Å². The van der Waals surface area contributed by atoms with Crippen LogP contribution in [-0.2, 0) is 11.3 Å². The maximum Gasteiger partial charge on any atom is 0.251 e. The van der Waals surface area contributed by atoms with Gasteiger partial charge in [0.25, 0.3) is 5.91 Å². The van der Waals surface area contributed by atoms with Crippen LogP contribution < -0.4 is 5.32 Å². The number of benzene rings is 1. The number of nitrogens with one attached hydrogen (secondary N) is 1. The number of carbonyl (C=O) groups excluding carboxylic acids is 1. The van der Waals surface area contributed by atoms with Gasteiger partial charge in [0.05, 0.1) is 6.54 Å². The molecule has 1 N–H and O–H groups in total. The van der Waals surface area contributed by atoms with Crippen molar-refractivity contribution in [2.24, 2.45) is 0 Å². The Labute approximate surface area is 104 Å². The van der Waals surface area contributed by atoms with Gasteiger partial charge in [-0.3, -0.25) is 9.69 Å². The van der Waals surface area contributed by atoms with Crippen LogP contribution in [0, 0.1) is 0 Å². The fourth-order valence-electron chi connectivity index (χ4n) is 1.63. The maximum absolute atomic E-state index is 11.7. The summed E-state index contributed by atoms with van der Waals surface area (Å²) in [5.41, 5.74) is 0.971. The van der Waals surface area contributed by atoms with Gasteiger partial charge in [0, 0.05) is 5.02 Å². The van der Waals surface area contributed by atoms with E-state index in [0.29, 0.717) is 16.7 Å². The highest BCUT2D eigenvalue weighted by Gasteiger charge is 2.31. The average Bonchev–Trinajstić information content (AvgIpc) is 2.45. The van der Waals surface area contributed by atoms with E-state index >= 15 is 0 Å². The highest BCUT2D eigenvalue weighted by Crippen LogP contribution is 2.15. The molecule has 0 aromatic heterocycles. The Hall–Kier alpha value is -1.13. The molecule has 1 amide bonds. The molecular formula is C11H11ClN2OS. The molecule has 0 aliphatic carbocycles. The molecule has 1 aliphatic rings. The first-order valence-corrected chi connectivity index (χ1v) is 5.73. The molecule has 1 atom stereocenters. The van der Waals surface area contributed by atoms with E-state index in [4.69, 9.17) is 23.8 Å². The standard InChI is InChI=1S/C11H11ClN2OS/c1-7-10(15)14(11(16)13-7)6-8-3-2-4-9(12)5-8/h2-5,7H,6H2,1H3,(H,13,16)/t7-/m0/s1. The van der Waals surface area contributed by atoms with Gasteiger partial charge in [0.15, 0.2) is 5.11 Å². The minimum atomic E-state index is -0.230. The van der Waals surface area contributed by atoms with Gasteiger partial charge in [0.2, 0.25) is 0 Å². The summed E-state index contributed by atoms with van der Waals surface area (Å²) in [6.45, 7) is 2.27. The topological polar surface area (TPSA) is 32.3 Å². The first kappa shape index (κ1) is 11.4. The Bertz CT molecular complexity index is 449. The summed E-state index contributed by atoms with van der Waals surface area (Å²) < 4.78 is 0. The molecule has 3 nitrogen and oxygen atoms in total. The molecule has 84 valence electrons. The summed E-state index contributed by atoms with van der Waals surface area (Å²) in [6, 6.07) is 7.19. The third kappa shape index (κ3) is 2.18. The van der Waals surface area contributed by atoms with E-state index in [1.54, 1.807) is 17.9 Å². The van der Waals surface area contributed by atoms with E-state index in [0.717, 1.165) is 5.56 Å². The van der Waals surface area contributed by atoms with Gasteiger partial charge in [-0.1, -0.05) is 23.7 Å². The molecule has 1 aromatic rings. The van der Waals surface area contributed by atoms with Crippen molar-refractivity contribution in [3.8, 4) is 0 Å². The molecule has 1 heterocycles. The van der Waals surface area contributed by atoms with Gasteiger partial charge >= 0.3 is 0 Å². The van der Waals surface area contributed by atoms with Crippen molar-refractivity contribution in [2.45, 2.75) is 19.5 Å². The largest absolute Gasteiger partial charge is 0.351 e. The number of rotatable bonds is 2. The number of hydrogen-bond donors (Lipinski definition) is 1. The van der Waals surface area contributed by atoms with Gasteiger partial charge < -0.3 is 5.32 Å². The summed E-state index contributed by atoms with van der Waals surface area (Å²) in [6.07, 6.45) is 0. The lowest BCUT2D eigenvalue weighted by molar-refractivity contribution is -0.127. The van der Waals surface area contributed by atoms with Crippen molar-refractivity contribution in [1.82, 2.24) is 10.2 Å². The third-order valence-electron chi connectivity index (χ3n) is 2.45. The van der Waals surface area contributed by atoms with Crippen molar-refractivity contribution >= 4 is 34.8 Å². The summed E-state index contributed by atoms with van der Waals surface area (Å²) in [5.74, 6) is 0.00461. The molecule has 0 unspecified atom stereocenters. The predicted octanol–water partition coefficient (Wildman–Crippen LogP) is 1.95. The van der Waals surface area contributed by atoms with Crippen LogP contribution in [-0.4, -0.2) is 22.0 Å². The van der Waals surface area contributed by atoms with E-state index in [1.165, 1.54) is 0 Å². The Morgan fingerprint density at radius 1 is 1.56 bits per heavy atom. The van der Waals surface area contributed by atoms with Gasteiger partial charge in [-0.2, -0.15) is 0 Å². The molecule has 0 radical (unpaired) electrons. The zero-order valence-corrected chi connectivity index (χ0v) is 10.3. The molecule has 0 bridgehead atoms. The van der Waals surface area contributed by atoms with E-state index in [1.807, 2.05) is 18.2 Å². The second-order valence-corrected chi connectivity index (χ2v) is 4.55. The minimum Gasteiger partial charge on any atom is -0.351 e.